The Kier molecular flexibility index (Phi) is 4.30. The minimum Gasteiger partial charge on any atom is -0.350 e. The molecule has 2 amide bonds. The van der Waals surface area contributed by atoms with Gasteiger partial charge >= 0.3 is 6.18 Å². The third kappa shape index (κ3) is 3.19. The van der Waals surface area contributed by atoms with Crippen molar-refractivity contribution < 1.29 is 22.8 Å². The number of nitrogens with one attached hydrogen (secondary N) is 1. The van der Waals surface area contributed by atoms with Crippen LogP contribution >= 0.6 is 0 Å². The largest absolute Gasteiger partial charge is 0.416 e. The van der Waals surface area contributed by atoms with Crippen LogP contribution in [0.5, 0.6) is 0 Å². The molecule has 3 aromatic rings. The molecule has 0 radical (unpaired) electrons. The van der Waals surface area contributed by atoms with Gasteiger partial charge < -0.3 is 5.32 Å². The summed E-state index contributed by atoms with van der Waals surface area (Å²) in [5.74, 6) is -0.711. The van der Waals surface area contributed by atoms with Gasteiger partial charge in [0, 0.05) is 17.5 Å². The van der Waals surface area contributed by atoms with Crippen molar-refractivity contribution in [2.75, 3.05) is 11.4 Å². The molecule has 0 atom stereocenters. The smallest absolute Gasteiger partial charge is 0.350 e. The van der Waals surface area contributed by atoms with Crippen LogP contribution in [-0.2, 0) is 17.5 Å². The van der Waals surface area contributed by atoms with Gasteiger partial charge in [-0.05, 0) is 35.2 Å². The Balaban J connectivity index is 1.47. The van der Waals surface area contributed by atoms with Crippen LogP contribution in [0.2, 0.25) is 0 Å². The van der Waals surface area contributed by atoms with Crippen molar-refractivity contribution in [3.05, 3.63) is 77.4 Å². The molecule has 7 heteroatoms. The first-order valence-electron chi connectivity index (χ1n) is 8.61. The standard InChI is InChI=1S/C21H15F3N2O2/c22-21(23,24)15-7-1-4-13(10-15)11-25-18(27)12-26-17-9-3-6-14-5-2-8-16(19(14)17)20(26)28/h1-10H,11-12H2,(H,25,27). The lowest BCUT2D eigenvalue weighted by atomic mass is 10.1. The highest BCUT2D eigenvalue weighted by atomic mass is 19.4. The molecule has 4 rings (SSSR count). The second-order valence-corrected chi connectivity index (χ2v) is 6.55. The molecule has 0 fully saturated rings. The summed E-state index contributed by atoms with van der Waals surface area (Å²) < 4.78 is 38.4. The molecule has 1 aliphatic rings. The zero-order chi connectivity index (χ0) is 19.9. The predicted octanol–water partition coefficient (Wildman–Crippen LogP) is 4.14. The van der Waals surface area contributed by atoms with E-state index in [4.69, 9.17) is 0 Å². The quantitative estimate of drug-likeness (QED) is 0.735. The van der Waals surface area contributed by atoms with E-state index in [1.165, 1.54) is 17.0 Å². The number of benzene rings is 3. The zero-order valence-electron chi connectivity index (χ0n) is 14.6. The van der Waals surface area contributed by atoms with Crippen molar-refractivity contribution in [2.24, 2.45) is 0 Å². The number of anilines is 1. The van der Waals surface area contributed by atoms with E-state index in [-0.39, 0.29) is 19.0 Å². The first-order valence-corrected chi connectivity index (χ1v) is 8.61. The van der Waals surface area contributed by atoms with E-state index in [1.807, 2.05) is 18.2 Å². The maximum atomic E-state index is 12.8. The van der Waals surface area contributed by atoms with Crippen molar-refractivity contribution in [3.8, 4) is 0 Å². The molecule has 0 aliphatic carbocycles. The molecule has 4 nitrogen and oxygen atoms in total. The average Bonchev–Trinajstić information content (AvgIpc) is 2.94. The van der Waals surface area contributed by atoms with Gasteiger partial charge in [0.05, 0.1) is 11.3 Å². The summed E-state index contributed by atoms with van der Waals surface area (Å²) in [5.41, 5.74) is 0.767. The Bertz CT molecular complexity index is 1090. The topological polar surface area (TPSA) is 49.4 Å². The molecule has 0 unspecified atom stereocenters. The van der Waals surface area contributed by atoms with Gasteiger partial charge in [-0.2, -0.15) is 13.2 Å². The van der Waals surface area contributed by atoms with Crippen molar-refractivity contribution in [1.29, 1.82) is 0 Å². The van der Waals surface area contributed by atoms with Crippen LogP contribution in [0.1, 0.15) is 21.5 Å². The minimum atomic E-state index is -4.44. The third-order valence-electron chi connectivity index (χ3n) is 4.69. The van der Waals surface area contributed by atoms with Crippen LogP contribution in [0.15, 0.2) is 60.7 Å². The van der Waals surface area contributed by atoms with Gasteiger partial charge in [0.15, 0.2) is 0 Å². The van der Waals surface area contributed by atoms with E-state index in [0.29, 0.717) is 16.8 Å². The van der Waals surface area contributed by atoms with Crippen LogP contribution < -0.4 is 10.2 Å². The number of hydrogen-bond donors (Lipinski definition) is 1. The summed E-state index contributed by atoms with van der Waals surface area (Å²) in [5, 5.41) is 4.30. The average molecular weight is 384 g/mol. The van der Waals surface area contributed by atoms with Gasteiger partial charge in [0.1, 0.15) is 6.54 Å². The molecule has 0 spiro atoms. The zero-order valence-corrected chi connectivity index (χ0v) is 14.6. The summed E-state index contributed by atoms with van der Waals surface area (Å²) in [7, 11) is 0. The molecule has 1 N–H and O–H groups in total. The van der Waals surface area contributed by atoms with Crippen molar-refractivity contribution in [3.63, 3.8) is 0 Å². The number of alkyl halides is 3. The van der Waals surface area contributed by atoms with Crippen molar-refractivity contribution in [2.45, 2.75) is 12.7 Å². The summed E-state index contributed by atoms with van der Waals surface area (Å²) >= 11 is 0. The molecular formula is C21H15F3N2O2. The highest BCUT2D eigenvalue weighted by molar-refractivity contribution is 6.26. The Morgan fingerprint density at radius 1 is 1.00 bits per heavy atom. The summed E-state index contributed by atoms with van der Waals surface area (Å²) in [6, 6.07) is 15.7. The molecule has 0 saturated heterocycles. The summed E-state index contributed by atoms with van der Waals surface area (Å²) in [6.07, 6.45) is -4.44. The molecular weight excluding hydrogens is 369 g/mol. The molecule has 142 valence electrons. The fourth-order valence-electron chi connectivity index (χ4n) is 3.39. The number of carbonyl (C=O) groups is 2. The van der Waals surface area contributed by atoms with E-state index in [9.17, 15) is 22.8 Å². The fourth-order valence-corrected chi connectivity index (χ4v) is 3.39. The van der Waals surface area contributed by atoms with E-state index in [2.05, 4.69) is 5.32 Å². The van der Waals surface area contributed by atoms with Gasteiger partial charge in [0.25, 0.3) is 5.91 Å². The Hall–Kier alpha value is -3.35. The second kappa shape index (κ2) is 6.67. The maximum Gasteiger partial charge on any atom is 0.416 e. The molecule has 0 aromatic heterocycles. The van der Waals surface area contributed by atoms with E-state index >= 15 is 0 Å². The van der Waals surface area contributed by atoms with Gasteiger partial charge in [-0.25, -0.2) is 0 Å². The van der Waals surface area contributed by atoms with Gasteiger partial charge in [-0.15, -0.1) is 0 Å². The van der Waals surface area contributed by atoms with Crippen molar-refractivity contribution >= 4 is 28.3 Å². The van der Waals surface area contributed by atoms with Gasteiger partial charge in [-0.3, -0.25) is 14.5 Å². The van der Waals surface area contributed by atoms with Crippen LogP contribution in [0, 0.1) is 0 Å². The lowest BCUT2D eigenvalue weighted by Gasteiger charge is -2.17. The predicted molar refractivity (Wildman–Crippen MR) is 98.9 cm³/mol. The number of hydrogen-bond acceptors (Lipinski definition) is 2. The lowest BCUT2D eigenvalue weighted by molar-refractivity contribution is -0.137. The van der Waals surface area contributed by atoms with E-state index < -0.39 is 17.6 Å². The molecule has 0 saturated carbocycles. The van der Waals surface area contributed by atoms with Crippen LogP contribution in [0.4, 0.5) is 18.9 Å². The number of nitrogens with zero attached hydrogens (tertiary/aromatic N) is 1. The van der Waals surface area contributed by atoms with Crippen LogP contribution in [-0.4, -0.2) is 18.4 Å². The molecule has 1 heterocycles. The van der Waals surface area contributed by atoms with E-state index in [0.717, 1.165) is 22.9 Å². The van der Waals surface area contributed by atoms with Crippen LogP contribution in [0.3, 0.4) is 0 Å². The maximum absolute atomic E-state index is 12.8. The van der Waals surface area contributed by atoms with Gasteiger partial charge in [-0.1, -0.05) is 36.4 Å². The SMILES string of the molecule is O=C(CN1C(=O)c2cccc3cccc1c23)NCc1cccc(C(F)(F)F)c1. The third-order valence-corrected chi connectivity index (χ3v) is 4.69. The Morgan fingerprint density at radius 2 is 1.71 bits per heavy atom. The second-order valence-electron chi connectivity index (χ2n) is 6.55. The highest BCUT2D eigenvalue weighted by Gasteiger charge is 2.31. The fraction of sp³-hybridized carbons (Fsp3) is 0.143. The van der Waals surface area contributed by atoms with Crippen LogP contribution in [0.25, 0.3) is 10.8 Å². The monoisotopic (exact) mass is 384 g/mol. The Labute approximate surface area is 158 Å². The Morgan fingerprint density at radius 3 is 2.46 bits per heavy atom. The van der Waals surface area contributed by atoms with Gasteiger partial charge in [0.2, 0.25) is 5.91 Å². The molecule has 1 aliphatic heterocycles. The highest BCUT2D eigenvalue weighted by Crippen LogP contribution is 2.36. The first-order chi connectivity index (χ1) is 13.3. The summed E-state index contributed by atoms with van der Waals surface area (Å²) in [6.45, 7) is -0.256. The first kappa shape index (κ1) is 18.0. The number of amides is 2. The van der Waals surface area contributed by atoms with E-state index in [1.54, 1.807) is 18.2 Å². The molecule has 0 bridgehead atoms. The molecule has 3 aromatic carbocycles. The lowest BCUT2D eigenvalue weighted by Crippen LogP contribution is -2.38. The summed E-state index contributed by atoms with van der Waals surface area (Å²) in [4.78, 5) is 26.4. The number of halogens is 3. The van der Waals surface area contributed by atoms with Crippen molar-refractivity contribution in [1.82, 2.24) is 5.32 Å². The number of carbonyl (C=O) groups excluding carboxylic acids is 2. The normalized spacial score (nSPS) is 13.2. The molecule has 28 heavy (non-hydrogen) atoms. The minimum absolute atomic E-state index is 0.0536. The number of rotatable bonds is 4.